The smallest absolute Gasteiger partial charge is 0.335 e. The molecule has 3 saturated carbocycles. The van der Waals surface area contributed by atoms with Crippen molar-refractivity contribution in [1.82, 2.24) is 4.90 Å². The van der Waals surface area contributed by atoms with Crippen molar-refractivity contribution in [3.8, 4) is 0 Å². The molecule has 1 aromatic rings. The van der Waals surface area contributed by atoms with Crippen molar-refractivity contribution in [2.45, 2.75) is 133 Å². The van der Waals surface area contributed by atoms with E-state index in [-0.39, 0.29) is 40.4 Å². The summed E-state index contributed by atoms with van der Waals surface area (Å²) < 4.78 is 17.6. The normalized spacial score (nSPS) is 43.0. The van der Waals surface area contributed by atoms with Gasteiger partial charge in [0.15, 0.2) is 6.29 Å². The summed E-state index contributed by atoms with van der Waals surface area (Å²) in [5.74, 6) is 0.804. The first-order chi connectivity index (χ1) is 21.5. The Morgan fingerprint density at radius 3 is 2.56 bits per heavy atom. The number of fused-ring (bicyclic) bond motifs is 5. The number of nitrogens with zero attached hydrogens (tertiary/aromatic N) is 1. The third-order valence-corrected chi connectivity index (χ3v) is 13.2. The van der Waals surface area contributed by atoms with E-state index >= 15 is 0 Å². The molecule has 9 heteroatoms. The average molecular weight is 629 g/mol. The lowest BCUT2D eigenvalue weighted by Gasteiger charge is -2.62. The number of aliphatic hydroxyl groups is 3. The third-order valence-electron chi connectivity index (χ3n) is 13.2. The van der Waals surface area contributed by atoms with Gasteiger partial charge in [0.2, 0.25) is 0 Å². The predicted molar refractivity (Wildman–Crippen MR) is 171 cm³/mol. The number of hydrogen-bond acceptors (Lipinski definition) is 9. The van der Waals surface area contributed by atoms with E-state index in [9.17, 15) is 20.1 Å². The fraction of sp³-hybridized carbons (Fsp3) is 0.806. The SMILES string of the molecule is CN(CCCCCCN)[C@H]1CO[C@H](OC2C=C3CC[C@@H]4[C@H](CCC5(C)[C@@H](c6ccc(=O)oc6)CCC45O)C3(C)CC2)C(O)[C@@H]1O. The number of allylic oxidation sites excluding steroid dienone is 1. The molecule has 45 heavy (non-hydrogen) atoms. The number of likely N-dealkylation sites (N-methyl/N-ethyl adjacent to an activating group) is 1. The van der Waals surface area contributed by atoms with E-state index in [0.29, 0.717) is 12.5 Å². The van der Waals surface area contributed by atoms with E-state index in [1.54, 1.807) is 6.26 Å². The minimum atomic E-state index is -1.11. The highest BCUT2D eigenvalue weighted by Gasteiger charge is 2.66. The molecule has 4 aliphatic carbocycles. The van der Waals surface area contributed by atoms with Crippen LogP contribution in [-0.4, -0.2) is 83.2 Å². The van der Waals surface area contributed by atoms with Gasteiger partial charge in [-0.15, -0.1) is 0 Å². The average Bonchev–Trinajstić information content (AvgIpc) is 3.30. The van der Waals surface area contributed by atoms with Gasteiger partial charge in [0, 0.05) is 11.5 Å². The molecular weight excluding hydrogens is 572 g/mol. The second-order valence-electron chi connectivity index (χ2n) is 15.4. The Labute approximate surface area is 268 Å². The van der Waals surface area contributed by atoms with Gasteiger partial charge in [-0.3, -0.25) is 4.90 Å². The Bertz CT molecular complexity index is 1250. The first-order valence-electron chi connectivity index (χ1n) is 17.6. The lowest BCUT2D eigenvalue weighted by Crippen LogP contribution is -2.61. The van der Waals surface area contributed by atoms with Crippen LogP contribution in [0.3, 0.4) is 0 Å². The molecule has 5 N–H and O–H groups in total. The molecule has 1 saturated heterocycles. The highest BCUT2D eigenvalue weighted by molar-refractivity contribution is 5.31. The maximum Gasteiger partial charge on any atom is 0.335 e. The molecule has 5 unspecified atom stereocenters. The van der Waals surface area contributed by atoms with Crippen molar-refractivity contribution < 1.29 is 29.2 Å². The third kappa shape index (κ3) is 5.89. The molecule has 5 aliphatic rings. The van der Waals surface area contributed by atoms with E-state index in [2.05, 4.69) is 24.8 Å². The summed E-state index contributed by atoms with van der Waals surface area (Å²) in [5.41, 5.74) is 6.70. The van der Waals surface area contributed by atoms with Gasteiger partial charge >= 0.3 is 5.63 Å². The van der Waals surface area contributed by atoms with Crippen LogP contribution in [0, 0.1) is 22.7 Å². The maximum atomic E-state index is 12.5. The second-order valence-corrected chi connectivity index (χ2v) is 15.4. The summed E-state index contributed by atoms with van der Waals surface area (Å²) >= 11 is 0. The molecule has 0 radical (unpaired) electrons. The zero-order chi connectivity index (χ0) is 32.0. The van der Waals surface area contributed by atoms with Crippen LogP contribution >= 0.6 is 0 Å². The maximum absolute atomic E-state index is 12.5. The van der Waals surface area contributed by atoms with Crippen LogP contribution in [0.5, 0.6) is 0 Å². The molecule has 9 nitrogen and oxygen atoms in total. The first-order valence-corrected chi connectivity index (χ1v) is 17.6. The molecule has 0 spiro atoms. The number of hydrogen-bond donors (Lipinski definition) is 4. The zero-order valence-electron chi connectivity index (χ0n) is 27.5. The van der Waals surface area contributed by atoms with Crippen LogP contribution in [0.15, 0.2) is 39.3 Å². The van der Waals surface area contributed by atoms with Crippen LogP contribution in [0.1, 0.15) is 102 Å². The molecule has 0 aromatic carbocycles. The van der Waals surface area contributed by atoms with Gasteiger partial charge in [0.25, 0.3) is 0 Å². The standard InChI is InChI=1S/C36H56N2O7/c1-34-15-12-25(45-33-32(41)31(40)29(22-44-33)38(3)19-7-5-4-6-18-37)20-24(34)9-10-28-27(34)13-16-35(2)26(14-17-36(28,35)42)23-8-11-30(39)43-21-23/h8,11,20-21,25-29,31-33,40-42H,4-7,9-10,12-19,22,37H2,1-3H3/t25?,26-,27+,28-,29+,31-,32?,33-,34?,35?,36?/m1/s1. The molecule has 1 aromatic heterocycles. The molecule has 11 atom stereocenters. The summed E-state index contributed by atoms with van der Waals surface area (Å²) in [4.78, 5) is 13.7. The molecule has 0 amide bonds. The molecule has 2 heterocycles. The van der Waals surface area contributed by atoms with Crippen LogP contribution < -0.4 is 11.4 Å². The topological polar surface area (TPSA) is 139 Å². The van der Waals surface area contributed by atoms with Crippen LogP contribution in [0.4, 0.5) is 0 Å². The highest BCUT2D eigenvalue weighted by Crippen LogP contribution is 2.70. The Morgan fingerprint density at radius 2 is 1.80 bits per heavy atom. The molecule has 6 rings (SSSR count). The van der Waals surface area contributed by atoms with E-state index < -0.39 is 24.1 Å². The fourth-order valence-corrected chi connectivity index (χ4v) is 10.4. The summed E-state index contributed by atoms with van der Waals surface area (Å²) in [5, 5.41) is 34.5. The van der Waals surface area contributed by atoms with Gasteiger partial charge in [0.1, 0.15) is 12.2 Å². The lowest BCUT2D eigenvalue weighted by molar-refractivity contribution is -0.270. The minimum Gasteiger partial charge on any atom is -0.431 e. The number of unbranched alkanes of at least 4 members (excludes halogenated alkanes) is 3. The van der Waals surface area contributed by atoms with E-state index in [1.807, 2.05) is 13.1 Å². The number of rotatable bonds is 10. The Morgan fingerprint density at radius 1 is 1.00 bits per heavy atom. The van der Waals surface area contributed by atoms with E-state index in [4.69, 9.17) is 19.6 Å². The highest BCUT2D eigenvalue weighted by atomic mass is 16.7. The summed E-state index contributed by atoms with van der Waals surface area (Å²) in [7, 11) is 1.98. The van der Waals surface area contributed by atoms with Crippen molar-refractivity contribution in [1.29, 1.82) is 0 Å². The lowest BCUT2D eigenvalue weighted by atomic mass is 9.45. The molecular formula is C36H56N2O7. The summed E-state index contributed by atoms with van der Waals surface area (Å²) in [6.07, 6.45) is 12.4. The van der Waals surface area contributed by atoms with E-state index in [1.165, 1.54) is 11.6 Å². The van der Waals surface area contributed by atoms with Crippen molar-refractivity contribution in [2.24, 2.45) is 28.4 Å². The van der Waals surface area contributed by atoms with Gasteiger partial charge in [-0.1, -0.05) is 38.3 Å². The number of nitrogens with two attached hydrogens (primary N) is 1. The van der Waals surface area contributed by atoms with Gasteiger partial charge in [-0.2, -0.15) is 0 Å². The van der Waals surface area contributed by atoms with Gasteiger partial charge in [0.05, 0.1) is 30.6 Å². The number of aliphatic hydroxyl groups excluding tert-OH is 2. The Hall–Kier alpha value is -1.59. The predicted octanol–water partition coefficient (Wildman–Crippen LogP) is 4.08. The first kappa shape index (κ1) is 33.3. The molecule has 4 fully saturated rings. The summed E-state index contributed by atoms with van der Waals surface area (Å²) in [6.45, 7) is 6.53. The largest absolute Gasteiger partial charge is 0.431 e. The Kier molecular flexibility index (Phi) is 9.72. The minimum absolute atomic E-state index is 0.000968. The van der Waals surface area contributed by atoms with Gasteiger partial charge < -0.3 is 34.9 Å². The number of ether oxygens (including phenoxy) is 2. The second kappa shape index (κ2) is 13.1. The fourth-order valence-electron chi connectivity index (χ4n) is 10.4. The van der Waals surface area contributed by atoms with Gasteiger partial charge in [-0.25, -0.2) is 4.79 Å². The molecule has 1 aliphatic heterocycles. The quantitative estimate of drug-likeness (QED) is 0.223. The zero-order valence-corrected chi connectivity index (χ0v) is 27.5. The van der Waals surface area contributed by atoms with Crippen molar-refractivity contribution in [2.75, 3.05) is 26.7 Å². The van der Waals surface area contributed by atoms with Crippen molar-refractivity contribution in [3.05, 3.63) is 46.0 Å². The molecule has 0 bridgehead atoms. The van der Waals surface area contributed by atoms with Crippen LogP contribution in [0.2, 0.25) is 0 Å². The Balaban J connectivity index is 1.09. The summed E-state index contributed by atoms with van der Waals surface area (Å²) in [6, 6.07) is 3.12. The molecule has 252 valence electrons. The van der Waals surface area contributed by atoms with E-state index in [0.717, 1.165) is 95.7 Å². The van der Waals surface area contributed by atoms with Gasteiger partial charge in [-0.05, 0) is 119 Å². The monoisotopic (exact) mass is 628 g/mol. The van der Waals surface area contributed by atoms with Crippen molar-refractivity contribution in [3.63, 3.8) is 0 Å². The van der Waals surface area contributed by atoms with Crippen LogP contribution in [0.25, 0.3) is 0 Å². The van der Waals surface area contributed by atoms with Crippen molar-refractivity contribution >= 4 is 0 Å². The van der Waals surface area contributed by atoms with Crippen LogP contribution in [-0.2, 0) is 9.47 Å².